The zero-order chi connectivity index (χ0) is 74.7. The van der Waals surface area contributed by atoms with Crippen molar-refractivity contribution in [3.63, 3.8) is 0 Å². The highest BCUT2D eigenvalue weighted by atomic mass is 15.3. The molecular weight excluding hydrogens is 1200 g/mol. The second-order valence-corrected chi connectivity index (χ2v) is 11.5. The van der Waals surface area contributed by atoms with Crippen LogP contribution in [0.25, 0.3) is 10.9 Å². The number of para-hydroxylation sites is 1. The maximum Gasteiger partial charge on any atom is 0.138 e. The van der Waals surface area contributed by atoms with Crippen molar-refractivity contribution in [3.05, 3.63) is 253 Å². The lowest BCUT2D eigenvalue weighted by Crippen LogP contribution is -1.78. The molecule has 0 atom stereocenters. The molecule has 0 saturated heterocycles. The molecular formula is C71H121N25. The number of rotatable bonds is 0. The quantitative estimate of drug-likeness (QED) is 0.142. The van der Waals surface area contributed by atoms with E-state index >= 15 is 0 Å². The highest BCUT2D eigenvalue weighted by Crippen LogP contribution is 2.08. The number of nitrogens with one attached hydrogen (secondary N) is 2. The van der Waals surface area contributed by atoms with Gasteiger partial charge in [-0.1, -0.05) is 209 Å². The van der Waals surface area contributed by atoms with Crippen molar-refractivity contribution >= 4 is 23.3 Å². The van der Waals surface area contributed by atoms with E-state index in [0.29, 0.717) is 0 Å². The molecule has 2 aliphatic rings. The maximum absolute atomic E-state index is 4.18. The SMILES string of the molecule is C1=CCN=C1.C1=CN=CC1.CC.CC.CC.CC.CC.CC.CC.CC.CC.CC.CC.CC.c1ccc2ncccc2c1.c1ccncc1.c1ccnnc1.c1cn[nH]n1.c1cnccn1.c1cncnc1.c1cnncn1.c1cnnnc1.c1nc[nH]n1.c1ncncn1. The second kappa shape index (κ2) is 137. The first-order valence-corrected chi connectivity index (χ1v) is 32.8. The summed E-state index contributed by atoms with van der Waals surface area (Å²) in [5, 5.41) is 40.6. The predicted molar refractivity (Wildman–Crippen MR) is 405 cm³/mol. The van der Waals surface area contributed by atoms with Crippen molar-refractivity contribution in [2.45, 2.75) is 173 Å². The van der Waals surface area contributed by atoms with E-state index in [-0.39, 0.29) is 0 Å². The monoisotopic (exact) mass is 1320 g/mol. The summed E-state index contributed by atoms with van der Waals surface area (Å²) in [4.78, 5) is 48.2. The third-order valence-corrected chi connectivity index (χ3v) is 6.47. The molecule has 12 heterocycles. The lowest BCUT2D eigenvalue weighted by molar-refractivity contribution is 0.865. The van der Waals surface area contributed by atoms with E-state index in [1.54, 1.807) is 117 Å². The Balaban J connectivity index is -0.0000000890. The number of pyridine rings is 2. The summed E-state index contributed by atoms with van der Waals surface area (Å²) < 4.78 is 0. The molecule has 0 aliphatic carbocycles. The van der Waals surface area contributed by atoms with Gasteiger partial charge in [0.2, 0.25) is 0 Å². The number of aromatic nitrogens is 23. The van der Waals surface area contributed by atoms with Crippen LogP contribution in [0.1, 0.15) is 173 Å². The van der Waals surface area contributed by atoms with Gasteiger partial charge in [-0.2, -0.15) is 35.8 Å². The molecule has 25 nitrogen and oxygen atoms in total. The van der Waals surface area contributed by atoms with Gasteiger partial charge < -0.3 is 0 Å². The average molecular weight is 1320 g/mol. The minimum atomic E-state index is 0.889. The molecule has 13 rings (SSSR count). The number of allylic oxidation sites excluding steroid dienone is 2. The van der Waals surface area contributed by atoms with E-state index in [2.05, 4.69) is 138 Å². The van der Waals surface area contributed by atoms with E-state index in [0.717, 1.165) is 18.5 Å². The van der Waals surface area contributed by atoms with Gasteiger partial charge in [0, 0.05) is 105 Å². The third kappa shape index (κ3) is 117. The molecule has 0 fully saturated rings. The molecule has 1 aromatic carbocycles. The second-order valence-electron chi connectivity index (χ2n) is 11.5. The van der Waals surface area contributed by atoms with Crippen molar-refractivity contribution < 1.29 is 0 Å². The van der Waals surface area contributed by atoms with Crippen molar-refractivity contribution in [1.82, 2.24) is 116 Å². The first-order valence-electron chi connectivity index (χ1n) is 32.8. The van der Waals surface area contributed by atoms with Crippen LogP contribution in [0, 0.1) is 0 Å². The fraction of sp³-hybridized carbons (Fsp3) is 0.366. The number of hydrogen-bond donors (Lipinski definition) is 2. The van der Waals surface area contributed by atoms with Crippen molar-refractivity contribution in [3.8, 4) is 0 Å². The molecule has 96 heavy (non-hydrogen) atoms. The number of H-pyrrole nitrogens is 2. The lowest BCUT2D eigenvalue weighted by Gasteiger charge is -1.91. The molecule has 530 valence electrons. The molecule has 11 aromatic rings. The summed E-state index contributed by atoms with van der Waals surface area (Å²) in [6, 6.07) is 24.9. The van der Waals surface area contributed by atoms with E-state index in [9.17, 15) is 0 Å². The van der Waals surface area contributed by atoms with Crippen LogP contribution in [0.15, 0.2) is 263 Å². The van der Waals surface area contributed by atoms with Gasteiger partial charge >= 0.3 is 0 Å². The summed E-state index contributed by atoms with van der Waals surface area (Å²) in [6.07, 6.45) is 50.6. The fourth-order valence-electron chi connectivity index (χ4n) is 3.65. The highest BCUT2D eigenvalue weighted by molar-refractivity contribution is 5.77. The van der Waals surface area contributed by atoms with E-state index < -0.39 is 0 Å². The number of hydrogen-bond acceptors (Lipinski definition) is 23. The van der Waals surface area contributed by atoms with Crippen LogP contribution >= 0.6 is 0 Å². The van der Waals surface area contributed by atoms with Crippen LogP contribution < -0.4 is 0 Å². The number of nitrogens with zero attached hydrogens (tertiary/aromatic N) is 23. The van der Waals surface area contributed by atoms with E-state index in [1.165, 1.54) is 55.9 Å². The van der Waals surface area contributed by atoms with Crippen LogP contribution in [-0.2, 0) is 0 Å². The molecule has 10 aromatic heterocycles. The van der Waals surface area contributed by atoms with Crippen LogP contribution in [0.4, 0.5) is 0 Å². The van der Waals surface area contributed by atoms with Crippen LogP contribution in [0.3, 0.4) is 0 Å². The van der Waals surface area contributed by atoms with Gasteiger partial charge in [0.05, 0.1) is 43.0 Å². The first-order chi connectivity index (χ1) is 48.0. The Morgan fingerprint density at radius 3 is 0.958 bits per heavy atom. The minimum absolute atomic E-state index is 0.889. The predicted octanol–water partition coefficient (Wildman–Crippen LogP) is 17.9. The Kier molecular flexibility index (Phi) is 157. The number of aliphatic imine (C=N–C) groups is 2. The summed E-state index contributed by atoms with van der Waals surface area (Å²) in [5.41, 5.74) is 1.06. The van der Waals surface area contributed by atoms with Crippen LogP contribution in [0.5, 0.6) is 0 Å². The van der Waals surface area contributed by atoms with Gasteiger partial charge in [0.1, 0.15) is 44.3 Å². The molecule has 2 N–H and O–H groups in total. The van der Waals surface area contributed by atoms with Crippen molar-refractivity contribution in [2.75, 3.05) is 6.54 Å². The number of aromatic amines is 2. The molecule has 0 amide bonds. The average Bonchev–Trinajstić information content (AvgIpc) is 2.31. The van der Waals surface area contributed by atoms with Gasteiger partial charge in [-0.25, -0.2) is 34.9 Å². The molecule has 0 saturated carbocycles. The summed E-state index contributed by atoms with van der Waals surface area (Å²) in [7, 11) is 0. The minimum Gasteiger partial charge on any atom is -0.289 e. The smallest absolute Gasteiger partial charge is 0.138 e. The molecule has 0 unspecified atom stereocenters. The van der Waals surface area contributed by atoms with Gasteiger partial charge in [0.15, 0.2) is 0 Å². The van der Waals surface area contributed by atoms with Crippen molar-refractivity contribution in [2.24, 2.45) is 9.98 Å². The zero-order valence-electron chi connectivity index (χ0n) is 62.5. The standard InChI is InChI=1S/C9H7N.C5H5N.3C4H4N2.2C4H5N.3C3H3N3.2C2H3N3.12C2H6/c1-2-6-9-8(4-1)5-3-7-10-9;1-2-4-6-5-3-1;1-2-6-4-3-5-1;1-2-5-4-6-3-1;1-2-4-6-5-3-1;2*1-2-4-5-3-1;1-4-2-6-3-5-1;1-2-5-6-3-4-1;1-2-4-6-5-3-1;1-3-2-5-4-1;1-2-4-5-3-1;12*1-2/h1-7H;1-5H;3*1-4H;1,3-4H,2H2;1-3H,4H2;3*1-3H;2*1-2H,(H,3,4,5);12*1-2H3. The Morgan fingerprint density at radius 1 is 0.312 bits per heavy atom. The Labute approximate surface area is 579 Å². The molecule has 0 bridgehead atoms. The molecule has 2 aliphatic heterocycles. The van der Waals surface area contributed by atoms with Gasteiger partial charge in [0.25, 0.3) is 0 Å². The number of fused-ring (bicyclic) bond motifs is 1. The lowest BCUT2D eigenvalue weighted by atomic mass is 10.2. The fourth-order valence-corrected chi connectivity index (χ4v) is 3.65. The van der Waals surface area contributed by atoms with Crippen molar-refractivity contribution in [1.29, 1.82) is 0 Å². The summed E-state index contributed by atoms with van der Waals surface area (Å²) in [6.45, 7) is 48.9. The zero-order valence-corrected chi connectivity index (χ0v) is 62.5. The van der Waals surface area contributed by atoms with E-state index in [1.807, 2.05) is 251 Å². The number of benzene rings is 1. The van der Waals surface area contributed by atoms with Gasteiger partial charge in [-0.3, -0.25) is 35.0 Å². The van der Waals surface area contributed by atoms with E-state index in [4.69, 9.17) is 0 Å². The van der Waals surface area contributed by atoms with Crippen LogP contribution in [0.2, 0.25) is 0 Å². The Morgan fingerprint density at radius 2 is 0.750 bits per heavy atom. The highest BCUT2D eigenvalue weighted by Gasteiger charge is 1.86. The third-order valence-electron chi connectivity index (χ3n) is 6.47. The van der Waals surface area contributed by atoms with Crippen LogP contribution in [-0.4, -0.2) is 135 Å². The summed E-state index contributed by atoms with van der Waals surface area (Å²) >= 11 is 0. The normalized spacial score (nSPS) is 7.96. The maximum atomic E-state index is 4.18. The van der Waals surface area contributed by atoms with Gasteiger partial charge in [-0.15, -0.1) is 15.3 Å². The molecule has 0 radical (unpaired) electrons. The van der Waals surface area contributed by atoms with Gasteiger partial charge in [-0.05, 0) is 59.8 Å². The first kappa shape index (κ1) is 110. The Bertz CT molecular complexity index is 2090. The molecule has 0 spiro atoms. The summed E-state index contributed by atoms with van der Waals surface area (Å²) in [5.74, 6) is 0. The molecule has 25 heteroatoms. The largest absolute Gasteiger partial charge is 0.289 e. The Hall–Kier alpha value is -10.8. The topological polar surface area (TPSA) is 327 Å².